The Bertz CT molecular complexity index is 2030. The van der Waals surface area contributed by atoms with Crippen molar-refractivity contribution in [2.24, 2.45) is 17.3 Å². The Morgan fingerprint density at radius 2 is 1.53 bits per heavy atom. The predicted molar refractivity (Wildman–Crippen MR) is 209 cm³/mol. The zero-order chi connectivity index (χ0) is 39.1. The molecular weight excluding hydrogens is 707 g/mol. The third-order valence-corrected chi connectivity index (χ3v) is 18.1. The molecule has 1 amide bonds. The van der Waals surface area contributed by atoms with Crippen LogP contribution >= 0.6 is 0 Å². The second-order valence-corrected chi connectivity index (χ2v) is 23.2. The zero-order valence-electron chi connectivity index (χ0n) is 32.3. The van der Waals surface area contributed by atoms with Gasteiger partial charge in [0, 0.05) is 17.4 Å². The lowest BCUT2D eigenvalue weighted by Crippen LogP contribution is -2.67. The van der Waals surface area contributed by atoms with E-state index in [4.69, 9.17) is 25.1 Å². The molecule has 0 saturated heterocycles. The fourth-order valence-electron chi connectivity index (χ4n) is 7.11. The molecule has 53 heavy (non-hydrogen) atoms. The highest BCUT2D eigenvalue weighted by atomic mass is 32.2. The largest absolute Gasteiger partial charge is 0.497 e. The molecule has 0 unspecified atom stereocenters. The standard InChI is InChI=1S/C42H51NO8SSi/c1-12-34-37-36(51-53(10,11)41(6,7)8)25-29(27-49-38(44)40(3,4)5)28(2)42(37,52(46,47)32-21-17-14-18-22-32)33-26-31(48-9)23-24-35(33)43(34)39(45)50-30-19-15-13-16-20-30/h1,13-26,28,34,36-37H,27H2,2-11H3/t28-,34-,36+,37+,42-/m0/s1. The number of carbonyl (C=O) groups excluding carboxylic acids is 2. The fraction of sp³-hybridized carbons (Fsp3) is 0.429. The van der Waals surface area contributed by atoms with Crippen LogP contribution in [0.2, 0.25) is 18.1 Å². The first-order chi connectivity index (χ1) is 24.7. The van der Waals surface area contributed by atoms with Crippen LogP contribution in [0.15, 0.2) is 95.4 Å². The highest BCUT2D eigenvalue weighted by molar-refractivity contribution is 7.92. The molecule has 0 N–H and O–H groups in total. The molecule has 1 aliphatic carbocycles. The predicted octanol–water partition coefficient (Wildman–Crippen LogP) is 8.56. The van der Waals surface area contributed by atoms with Crippen LogP contribution in [0.1, 0.15) is 54.0 Å². The number of anilines is 1. The number of ether oxygens (including phenoxy) is 3. The molecule has 3 aromatic rings. The summed E-state index contributed by atoms with van der Waals surface area (Å²) in [6, 6.07) is 20.7. The number of hydrogen-bond acceptors (Lipinski definition) is 8. The van der Waals surface area contributed by atoms with Gasteiger partial charge in [-0.05, 0) is 86.9 Å². The summed E-state index contributed by atoms with van der Waals surface area (Å²) < 4.78 is 54.7. The van der Waals surface area contributed by atoms with Crippen LogP contribution in [0.3, 0.4) is 0 Å². The minimum Gasteiger partial charge on any atom is -0.497 e. The maximum Gasteiger partial charge on any atom is 0.420 e. The lowest BCUT2D eigenvalue weighted by atomic mass is 9.62. The SMILES string of the molecule is C#C[C@H]1[C@@H]2[C@H](O[Si](C)(C)C(C)(C)C)C=C(COC(=O)C(C)(C)C)[C@H](C)[C@]2(S(=O)(=O)c2ccccc2)c2cc(OC)ccc2N1C(=O)Oc1ccccc1. The Morgan fingerprint density at radius 1 is 0.925 bits per heavy atom. The van der Waals surface area contributed by atoms with E-state index in [1.54, 1.807) is 93.6 Å². The van der Waals surface area contributed by atoms with E-state index < -0.39 is 64.4 Å². The normalized spacial score (nSPS) is 23.1. The number of methoxy groups -OCH3 is 1. The van der Waals surface area contributed by atoms with Gasteiger partial charge in [-0.15, -0.1) is 6.42 Å². The van der Waals surface area contributed by atoms with E-state index in [-0.39, 0.29) is 22.2 Å². The Hall–Kier alpha value is -4.37. The quantitative estimate of drug-likeness (QED) is 0.0974. The van der Waals surface area contributed by atoms with Gasteiger partial charge < -0.3 is 18.6 Å². The van der Waals surface area contributed by atoms with Crippen LogP contribution in [-0.4, -0.2) is 54.7 Å². The van der Waals surface area contributed by atoms with E-state index in [2.05, 4.69) is 39.8 Å². The summed E-state index contributed by atoms with van der Waals surface area (Å²) in [5.74, 6) is 1.19. The molecule has 0 bridgehead atoms. The van der Waals surface area contributed by atoms with Crippen molar-refractivity contribution in [1.29, 1.82) is 0 Å². The van der Waals surface area contributed by atoms with Crippen LogP contribution < -0.4 is 14.4 Å². The van der Waals surface area contributed by atoms with Gasteiger partial charge in [-0.1, -0.05) is 76.1 Å². The highest BCUT2D eigenvalue weighted by Crippen LogP contribution is 2.62. The maximum atomic E-state index is 15.9. The molecule has 282 valence electrons. The summed E-state index contributed by atoms with van der Waals surface area (Å²) in [5.41, 5.74) is 0.319. The van der Waals surface area contributed by atoms with E-state index in [0.717, 1.165) is 0 Å². The van der Waals surface area contributed by atoms with Crippen molar-refractivity contribution in [3.63, 3.8) is 0 Å². The molecular formula is C42H51NO8SSi. The summed E-state index contributed by atoms with van der Waals surface area (Å²) >= 11 is 0. The van der Waals surface area contributed by atoms with Crippen molar-refractivity contribution in [2.45, 2.75) is 88.4 Å². The number of benzene rings is 3. The van der Waals surface area contributed by atoms with E-state index in [9.17, 15) is 9.59 Å². The molecule has 0 spiro atoms. The monoisotopic (exact) mass is 757 g/mol. The number of hydrogen-bond donors (Lipinski definition) is 0. The number of terminal acetylenes is 1. The Labute approximate surface area is 315 Å². The molecule has 0 saturated carbocycles. The Balaban J connectivity index is 1.90. The maximum absolute atomic E-state index is 15.9. The van der Waals surface area contributed by atoms with Gasteiger partial charge in [-0.3, -0.25) is 9.69 Å². The van der Waals surface area contributed by atoms with Gasteiger partial charge in [0.15, 0.2) is 18.2 Å². The molecule has 9 nitrogen and oxygen atoms in total. The van der Waals surface area contributed by atoms with Gasteiger partial charge in [0.1, 0.15) is 28.9 Å². The summed E-state index contributed by atoms with van der Waals surface area (Å²) in [7, 11) is -5.63. The third-order valence-electron chi connectivity index (χ3n) is 11.0. The minimum absolute atomic E-state index is 0.0701. The number of esters is 1. The summed E-state index contributed by atoms with van der Waals surface area (Å²) in [6.45, 7) is 17.4. The third kappa shape index (κ3) is 7.05. The number of rotatable bonds is 8. The molecule has 1 aliphatic heterocycles. The van der Waals surface area contributed by atoms with Crippen LogP contribution in [0.25, 0.3) is 0 Å². The summed E-state index contributed by atoms with van der Waals surface area (Å²) in [6.07, 6.45) is 6.63. The number of sulfone groups is 1. The van der Waals surface area contributed by atoms with Gasteiger partial charge in [-0.2, -0.15) is 0 Å². The molecule has 3 aromatic carbocycles. The summed E-state index contributed by atoms with van der Waals surface area (Å²) in [5, 5.41) is -0.295. The molecule has 5 rings (SSSR count). The second kappa shape index (κ2) is 14.5. The molecule has 2 aliphatic rings. The first-order valence-electron chi connectivity index (χ1n) is 17.8. The number of amides is 1. The van der Waals surface area contributed by atoms with E-state index in [1.165, 1.54) is 12.0 Å². The average molecular weight is 758 g/mol. The van der Waals surface area contributed by atoms with Gasteiger partial charge in [0.05, 0.1) is 29.2 Å². The van der Waals surface area contributed by atoms with E-state index in [1.807, 2.05) is 19.1 Å². The van der Waals surface area contributed by atoms with Crippen molar-refractivity contribution >= 4 is 35.9 Å². The van der Waals surface area contributed by atoms with Crippen molar-refractivity contribution in [2.75, 3.05) is 18.6 Å². The number of para-hydroxylation sites is 1. The molecule has 11 heteroatoms. The van der Waals surface area contributed by atoms with Crippen LogP contribution in [-0.2, 0) is 28.5 Å². The molecule has 5 atom stereocenters. The summed E-state index contributed by atoms with van der Waals surface area (Å²) in [4.78, 5) is 29.1. The van der Waals surface area contributed by atoms with Gasteiger partial charge >= 0.3 is 12.1 Å². The van der Waals surface area contributed by atoms with Crippen LogP contribution in [0.4, 0.5) is 10.5 Å². The Morgan fingerprint density at radius 3 is 2.08 bits per heavy atom. The molecule has 0 radical (unpaired) electrons. The molecule has 1 heterocycles. The smallest absolute Gasteiger partial charge is 0.420 e. The van der Waals surface area contributed by atoms with Gasteiger partial charge in [0.25, 0.3) is 0 Å². The van der Waals surface area contributed by atoms with Crippen molar-refractivity contribution in [3.8, 4) is 23.8 Å². The van der Waals surface area contributed by atoms with Gasteiger partial charge in [-0.25, -0.2) is 13.2 Å². The van der Waals surface area contributed by atoms with E-state index >= 15 is 8.42 Å². The minimum atomic E-state index is -4.42. The Kier molecular flexibility index (Phi) is 10.9. The van der Waals surface area contributed by atoms with Crippen molar-refractivity contribution in [1.82, 2.24) is 0 Å². The first kappa shape index (κ1) is 39.8. The topological polar surface area (TPSA) is 108 Å². The lowest BCUT2D eigenvalue weighted by Gasteiger charge is -2.58. The van der Waals surface area contributed by atoms with Crippen molar-refractivity contribution in [3.05, 3.63) is 96.1 Å². The molecule has 0 fully saturated rings. The zero-order valence-corrected chi connectivity index (χ0v) is 34.1. The highest BCUT2D eigenvalue weighted by Gasteiger charge is 2.68. The number of carbonyl (C=O) groups is 2. The first-order valence-corrected chi connectivity index (χ1v) is 22.2. The number of nitrogens with zero attached hydrogens (tertiary/aromatic N) is 1. The second-order valence-electron chi connectivity index (χ2n) is 16.3. The van der Waals surface area contributed by atoms with Crippen LogP contribution in [0.5, 0.6) is 11.5 Å². The van der Waals surface area contributed by atoms with Gasteiger partial charge in [0.2, 0.25) is 0 Å². The lowest BCUT2D eigenvalue weighted by molar-refractivity contribution is -0.152. The number of fused-ring (bicyclic) bond motifs is 3. The van der Waals surface area contributed by atoms with Crippen LogP contribution in [0, 0.1) is 29.6 Å². The van der Waals surface area contributed by atoms with Crippen molar-refractivity contribution < 1.29 is 36.6 Å². The average Bonchev–Trinajstić information content (AvgIpc) is 3.10. The molecule has 0 aromatic heterocycles. The van der Waals surface area contributed by atoms with E-state index in [0.29, 0.717) is 22.6 Å². The fourth-order valence-corrected chi connectivity index (χ4v) is 11.0.